The summed E-state index contributed by atoms with van der Waals surface area (Å²) in [7, 11) is 3.38. The first-order chi connectivity index (χ1) is 54.5. The lowest BCUT2D eigenvalue weighted by atomic mass is 10.1. The summed E-state index contributed by atoms with van der Waals surface area (Å²) in [5, 5.41) is 58.9. The summed E-state index contributed by atoms with van der Waals surface area (Å²) in [6.45, 7) is 27.8. The van der Waals surface area contributed by atoms with Gasteiger partial charge >= 0.3 is 0 Å². The van der Waals surface area contributed by atoms with Crippen LogP contribution in [0.2, 0.25) is 0 Å². The zero-order chi connectivity index (χ0) is 83.5. The first kappa shape index (κ1) is 84.2. The Morgan fingerprint density at radius 1 is 0.287 bits per heavy atom. The predicted octanol–water partition coefficient (Wildman–Crippen LogP) is 13.8. The molecular weight excluding hydrogens is 1580 g/mol. The third-order valence-corrected chi connectivity index (χ3v) is 20.9. The van der Waals surface area contributed by atoms with E-state index in [9.17, 15) is 52.7 Å². The number of carbonyl (C=O) groups excluding carboxylic acids is 6. The number of anilines is 5. The van der Waals surface area contributed by atoms with E-state index in [0.29, 0.717) is 80.5 Å². The molecule has 0 spiro atoms. The lowest BCUT2D eigenvalue weighted by molar-refractivity contribution is -0.115. The van der Waals surface area contributed by atoms with Crippen LogP contribution in [-0.2, 0) is 4.79 Å². The molecule has 10 heterocycles. The van der Waals surface area contributed by atoms with Crippen molar-refractivity contribution < 1.29 is 50.9 Å². The minimum atomic E-state index is -0.518. The summed E-state index contributed by atoms with van der Waals surface area (Å²) < 4.78 is 28.2. The van der Waals surface area contributed by atoms with E-state index in [-0.39, 0.29) is 55.9 Å². The summed E-state index contributed by atoms with van der Waals surface area (Å²) in [6, 6.07) is 23.8. The average molecular weight is 1650 g/mol. The van der Waals surface area contributed by atoms with Crippen molar-refractivity contribution in [2.45, 2.75) is 104 Å². The molecule has 590 valence electrons. The number of hydrogen-bond donors (Lipinski definition) is 5. The Kier molecular flexibility index (Phi) is 26.7. The molecule has 0 aliphatic heterocycles. The molecular formula is C78H72N16O16S5. The standard InChI is InChI=1S/5C15H13N3O3S.C3H7NO/c5*1-7-4-5-10-11(19)6-12(21-13(10)8(7)2)14(20)16-15-18-17-9(3)22-15;1-4(2)3-5/h5*4-6H,1-3H3,(H,16,18,20);3H,1-2H3. The maximum absolute atomic E-state index is 12.2. The first-order valence-electron chi connectivity index (χ1n) is 34.4. The molecule has 0 fully saturated rings. The van der Waals surface area contributed by atoms with Gasteiger partial charge in [0.1, 0.15) is 53.0 Å². The van der Waals surface area contributed by atoms with Crippen molar-refractivity contribution in [3.8, 4) is 0 Å². The third kappa shape index (κ3) is 20.5. The van der Waals surface area contributed by atoms with Crippen molar-refractivity contribution in [2.24, 2.45) is 0 Å². The van der Waals surface area contributed by atoms with E-state index in [1.165, 1.54) is 91.9 Å². The summed E-state index contributed by atoms with van der Waals surface area (Å²) in [6.07, 6.45) is 0.750. The van der Waals surface area contributed by atoms with E-state index in [4.69, 9.17) is 22.1 Å². The molecule has 37 heteroatoms. The summed E-state index contributed by atoms with van der Waals surface area (Å²) in [5.74, 6) is -2.80. The van der Waals surface area contributed by atoms with Crippen molar-refractivity contribution in [3.05, 3.63) is 252 Å². The molecule has 6 amide bonds. The van der Waals surface area contributed by atoms with Crippen LogP contribution in [0, 0.1) is 104 Å². The molecule has 0 aliphatic rings. The molecule has 5 N–H and O–H groups in total. The predicted molar refractivity (Wildman–Crippen MR) is 443 cm³/mol. The molecule has 5 aromatic carbocycles. The maximum Gasteiger partial charge on any atom is 0.293 e. The highest BCUT2D eigenvalue weighted by atomic mass is 32.1. The molecule has 0 saturated heterocycles. The molecule has 115 heavy (non-hydrogen) atoms. The number of benzene rings is 5. The number of nitrogens with zero attached hydrogens (tertiary/aromatic N) is 11. The minimum Gasteiger partial charge on any atom is -0.450 e. The number of amides is 6. The van der Waals surface area contributed by atoms with Crippen LogP contribution in [0.3, 0.4) is 0 Å². The second-order valence-corrected chi connectivity index (χ2v) is 31.7. The molecule has 15 aromatic rings. The Morgan fingerprint density at radius 3 is 0.574 bits per heavy atom. The van der Waals surface area contributed by atoms with E-state index < -0.39 is 29.5 Å². The van der Waals surface area contributed by atoms with E-state index >= 15 is 0 Å². The zero-order valence-electron chi connectivity index (χ0n) is 64.7. The second-order valence-electron chi connectivity index (χ2n) is 25.8. The SMILES string of the molecule is CN(C)C=O.Cc1nnc(NC(=O)c2cc(=O)c3ccc(C)c(C)c3o2)s1.Cc1nnc(NC(=O)c2cc(=O)c3ccc(C)c(C)c3o2)s1.Cc1nnc(NC(=O)c2cc(=O)c3ccc(C)c(C)c3o2)s1.Cc1nnc(NC(=O)c2cc(=O)c3ccc(C)c(C)c3o2)s1.Cc1nnc(NC(=O)c2cc(=O)c3ccc(C)c(C)c3o2)s1. The van der Waals surface area contributed by atoms with Gasteiger partial charge in [0.15, 0.2) is 55.9 Å². The molecule has 32 nitrogen and oxygen atoms in total. The molecule has 0 saturated carbocycles. The fourth-order valence-electron chi connectivity index (χ4n) is 10.3. The van der Waals surface area contributed by atoms with Gasteiger partial charge in [0, 0.05) is 44.4 Å². The Balaban J connectivity index is 0.000000150. The molecule has 0 atom stereocenters. The number of hydrogen-bond acceptors (Lipinski definition) is 31. The van der Waals surface area contributed by atoms with Gasteiger partial charge in [0.25, 0.3) is 29.5 Å². The van der Waals surface area contributed by atoms with Gasteiger partial charge in [-0.3, -0.25) is 79.3 Å². The lowest BCUT2D eigenvalue weighted by Crippen LogP contribution is -2.15. The molecule has 15 rings (SSSR count). The molecule has 0 bridgehead atoms. The van der Waals surface area contributed by atoms with Gasteiger partial charge in [-0.25, -0.2) is 0 Å². The van der Waals surface area contributed by atoms with Crippen LogP contribution < -0.4 is 53.7 Å². The number of carbonyl (C=O) groups is 6. The molecule has 10 aromatic heterocycles. The molecule has 0 aliphatic carbocycles. The van der Waals surface area contributed by atoms with Crippen LogP contribution in [0.15, 0.2) is 137 Å². The van der Waals surface area contributed by atoms with Crippen LogP contribution in [0.25, 0.3) is 54.8 Å². The molecule has 0 unspecified atom stereocenters. The largest absolute Gasteiger partial charge is 0.450 e. The van der Waals surface area contributed by atoms with E-state index in [1.807, 2.05) is 99.6 Å². The Bertz CT molecular complexity index is 5740. The third-order valence-electron chi connectivity index (χ3n) is 17.1. The fraction of sp³-hybridized carbons (Fsp3) is 0.218. The topological polar surface area (TPSA) is 446 Å². The van der Waals surface area contributed by atoms with Crippen molar-refractivity contribution in [1.29, 1.82) is 0 Å². The Hall–Kier alpha value is -13.2. The number of fused-ring (bicyclic) bond motifs is 5. The van der Waals surface area contributed by atoms with E-state index in [2.05, 4.69) is 77.6 Å². The number of aryl methyl sites for hydroxylation is 15. The van der Waals surface area contributed by atoms with Gasteiger partial charge in [-0.05, 0) is 190 Å². The van der Waals surface area contributed by atoms with Crippen LogP contribution in [0.1, 0.15) is 133 Å². The maximum atomic E-state index is 12.2. The number of nitrogens with one attached hydrogen (secondary N) is 5. The van der Waals surface area contributed by atoms with Crippen molar-refractivity contribution in [1.82, 2.24) is 55.9 Å². The van der Waals surface area contributed by atoms with Gasteiger partial charge in [-0.2, -0.15) is 0 Å². The van der Waals surface area contributed by atoms with Gasteiger partial charge in [0.2, 0.25) is 32.1 Å². The van der Waals surface area contributed by atoms with Crippen molar-refractivity contribution in [3.63, 3.8) is 0 Å². The summed E-state index contributed by atoms with van der Waals surface area (Å²) in [5.41, 5.74) is 10.1. The monoisotopic (exact) mass is 1650 g/mol. The molecule has 0 radical (unpaired) electrons. The van der Waals surface area contributed by atoms with Gasteiger partial charge in [-0.15, -0.1) is 51.0 Å². The van der Waals surface area contributed by atoms with Crippen molar-refractivity contribution in [2.75, 3.05) is 40.7 Å². The van der Waals surface area contributed by atoms with Gasteiger partial charge < -0.3 is 27.0 Å². The highest BCUT2D eigenvalue weighted by molar-refractivity contribution is 7.16. The highest BCUT2D eigenvalue weighted by Crippen LogP contribution is 2.28. The van der Waals surface area contributed by atoms with E-state index in [1.54, 1.807) is 79.0 Å². The van der Waals surface area contributed by atoms with Crippen LogP contribution in [-0.4, -0.2) is 106 Å². The summed E-state index contributed by atoms with van der Waals surface area (Å²) in [4.78, 5) is 133. The van der Waals surface area contributed by atoms with Crippen molar-refractivity contribution >= 4 is 173 Å². The Morgan fingerprint density at radius 2 is 0.443 bits per heavy atom. The average Bonchev–Trinajstić information content (AvgIpc) is 1.60. The van der Waals surface area contributed by atoms with Crippen LogP contribution in [0.4, 0.5) is 25.7 Å². The van der Waals surface area contributed by atoms with Gasteiger partial charge in [0.05, 0.1) is 26.9 Å². The van der Waals surface area contributed by atoms with Crippen LogP contribution >= 0.6 is 56.7 Å². The number of rotatable bonds is 11. The lowest BCUT2D eigenvalue weighted by Gasteiger charge is -2.06. The minimum absolute atomic E-state index is 0.0425. The highest BCUT2D eigenvalue weighted by Gasteiger charge is 2.23. The van der Waals surface area contributed by atoms with Gasteiger partial charge in [-0.1, -0.05) is 87.0 Å². The first-order valence-corrected chi connectivity index (χ1v) is 38.5. The normalized spacial score (nSPS) is 10.7. The smallest absolute Gasteiger partial charge is 0.293 e. The van der Waals surface area contributed by atoms with E-state index in [0.717, 1.165) is 87.1 Å². The van der Waals surface area contributed by atoms with Crippen LogP contribution in [0.5, 0.6) is 0 Å². The quantitative estimate of drug-likeness (QED) is 0.0751. The zero-order valence-corrected chi connectivity index (χ0v) is 68.8. The number of aromatic nitrogens is 10. The Labute approximate surface area is 671 Å². The second kappa shape index (κ2) is 36.5. The summed E-state index contributed by atoms with van der Waals surface area (Å²) >= 11 is 6.25. The fourth-order valence-corrected chi connectivity index (χ4v) is 13.3.